The van der Waals surface area contributed by atoms with Gasteiger partial charge in [-0.1, -0.05) is 18.3 Å². The Morgan fingerprint density at radius 1 is 1.48 bits per heavy atom. The SMILES string of the molecule is CCc1nn2c(=O)cc(CN3CCNCC3(C)C)nc2s1. The molecule has 2 aromatic heterocycles. The van der Waals surface area contributed by atoms with E-state index < -0.39 is 0 Å². The summed E-state index contributed by atoms with van der Waals surface area (Å²) in [7, 11) is 0. The summed E-state index contributed by atoms with van der Waals surface area (Å²) in [6, 6.07) is 1.62. The third-order valence-electron chi connectivity index (χ3n) is 3.97. The average molecular weight is 307 g/mol. The molecule has 21 heavy (non-hydrogen) atoms. The first-order valence-electron chi connectivity index (χ1n) is 7.34. The second-order valence-electron chi connectivity index (χ2n) is 6.04. The number of aryl methyl sites for hydroxylation is 1. The van der Waals surface area contributed by atoms with Gasteiger partial charge in [-0.15, -0.1) is 0 Å². The highest BCUT2D eigenvalue weighted by Gasteiger charge is 2.29. The van der Waals surface area contributed by atoms with Crippen molar-refractivity contribution in [1.29, 1.82) is 0 Å². The smallest absolute Gasteiger partial charge is 0.275 e. The number of aromatic nitrogens is 3. The lowest BCUT2D eigenvalue weighted by Gasteiger charge is -2.42. The fourth-order valence-electron chi connectivity index (χ4n) is 2.63. The molecule has 0 bridgehead atoms. The first-order chi connectivity index (χ1) is 9.99. The van der Waals surface area contributed by atoms with Gasteiger partial charge in [0.25, 0.3) is 5.56 Å². The Morgan fingerprint density at radius 3 is 3.00 bits per heavy atom. The van der Waals surface area contributed by atoms with Crippen LogP contribution in [-0.2, 0) is 13.0 Å². The summed E-state index contributed by atoms with van der Waals surface area (Å²) in [5, 5.41) is 8.63. The third kappa shape index (κ3) is 2.86. The molecule has 0 unspecified atom stereocenters. The lowest BCUT2D eigenvalue weighted by atomic mass is 10.00. The van der Waals surface area contributed by atoms with E-state index in [0.717, 1.165) is 36.8 Å². The van der Waals surface area contributed by atoms with Gasteiger partial charge in [0.05, 0.1) is 5.69 Å². The summed E-state index contributed by atoms with van der Waals surface area (Å²) in [6.07, 6.45) is 0.827. The Kier molecular flexibility index (Phi) is 3.81. The summed E-state index contributed by atoms with van der Waals surface area (Å²) in [6.45, 7) is 10.1. The molecule has 7 heteroatoms. The fraction of sp³-hybridized carbons (Fsp3) is 0.643. The molecule has 0 aliphatic carbocycles. The van der Waals surface area contributed by atoms with Crippen molar-refractivity contribution < 1.29 is 0 Å². The van der Waals surface area contributed by atoms with Crippen LogP contribution in [0.4, 0.5) is 0 Å². The highest BCUT2D eigenvalue weighted by atomic mass is 32.1. The summed E-state index contributed by atoms with van der Waals surface area (Å²) in [5.74, 6) is 0. The van der Waals surface area contributed by atoms with E-state index in [1.54, 1.807) is 6.07 Å². The van der Waals surface area contributed by atoms with Crippen LogP contribution in [0.3, 0.4) is 0 Å². The zero-order valence-corrected chi connectivity index (χ0v) is 13.5. The van der Waals surface area contributed by atoms with Gasteiger partial charge in [-0.3, -0.25) is 9.69 Å². The van der Waals surface area contributed by atoms with Crippen LogP contribution >= 0.6 is 11.3 Å². The number of fused-ring (bicyclic) bond motifs is 1. The van der Waals surface area contributed by atoms with E-state index in [-0.39, 0.29) is 11.1 Å². The van der Waals surface area contributed by atoms with Crippen LogP contribution < -0.4 is 10.9 Å². The largest absolute Gasteiger partial charge is 0.314 e. The van der Waals surface area contributed by atoms with Gasteiger partial charge in [0.2, 0.25) is 4.96 Å². The minimum atomic E-state index is -0.0844. The molecule has 3 heterocycles. The summed E-state index contributed by atoms with van der Waals surface area (Å²) in [4.78, 5) is 19.9. The van der Waals surface area contributed by atoms with Crippen molar-refractivity contribution in [3.05, 3.63) is 27.1 Å². The van der Waals surface area contributed by atoms with E-state index in [4.69, 9.17) is 0 Å². The summed E-state index contributed by atoms with van der Waals surface area (Å²) >= 11 is 1.50. The number of rotatable bonds is 3. The van der Waals surface area contributed by atoms with Gasteiger partial charge >= 0.3 is 0 Å². The van der Waals surface area contributed by atoms with Gasteiger partial charge in [-0.05, 0) is 20.3 Å². The van der Waals surface area contributed by atoms with Gasteiger partial charge in [-0.25, -0.2) is 4.98 Å². The zero-order chi connectivity index (χ0) is 15.0. The van der Waals surface area contributed by atoms with Crippen molar-refractivity contribution in [2.75, 3.05) is 19.6 Å². The molecule has 6 nitrogen and oxygen atoms in total. The highest BCUT2D eigenvalue weighted by Crippen LogP contribution is 2.19. The predicted octanol–water partition coefficient (Wildman–Crippen LogP) is 0.897. The Balaban J connectivity index is 1.92. The Hall–Kier alpha value is -1.31. The minimum Gasteiger partial charge on any atom is -0.314 e. The van der Waals surface area contributed by atoms with Crippen molar-refractivity contribution in [3.8, 4) is 0 Å². The van der Waals surface area contributed by atoms with Gasteiger partial charge in [0.1, 0.15) is 5.01 Å². The van der Waals surface area contributed by atoms with Gasteiger partial charge in [0.15, 0.2) is 0 Å². The maximum absolute atomic E-state index is 12.2. The molecule has 0 amide bonds. The van der Waals surface area contributed by atoms with Crippen LogP contribution in [0.2, 0.25) is 0 Å². The highest BCUT2D eigenvalue weighted by molar-refractivity contribution is 7.16. The van der Waals surface area contributed by atoms with Crippen molar-refractivity contribution in [2.24, 2.45) is 0 Å². The van der Waals surface area contributed by atoms with E-state index in [0.29, 0.717) is 11.5 Å². The molecular weight excluding hydrogens is 286 g/mol. The number of hydrogen-bond donors (Lipinski definition) is 1. The number of hydrogen-bond acceptors (Lipinski definition) is 6. The molecular formula is C14H21N5OS. The van der Waals surface area contributed by atoms with E-state index in [1.807, 2.05) is 6.92 Å². The molecule has 1 saturated heterocycles. The molecule has 1 aliphatic rings. The van der Waals surface area contributed by atoms with Crippen LogP contribution in [0.15, 0.2) is 10.9 Å². The molecule has 3 rings (SSSR count). The molecule has 0 saturated carbocycles. The second kappa shape index (κ2) is 5.47. The van der Waals surface area contributed by atoms with Crippen LogP contribution in [0.1, 0.15) is 31.5 Å². The normalized spacial score (nSPS) is 19.2. The molecule has 1 N–H and O–H groups in total. The first-order valence-corrected chi connectivity index (χ1v) is 8.16. The summed E-state index contributed by atoms with van der Waals surface area (Å²) < 4.78 is 1.41. The quantitative estimate of drug-likeness (QED) is 0.913. The lowest BCUT2D eigenvalue weighted by Crippen LogP contribution is -2.57. The lowest BCUT2D eigenvalue weighted by molar-refractivity contribution is 0.0814. The minimum absolute atomic E-state index is 0.0767. The van der Waals surface area contributed by atoms with Crippen molar-refractivity contribution in [3.63, 3.8) is 0 Å². The maximum Gasteiger partial charge on any atom is 0.275 e. The first kappa shape index (κ1) is 14.6. The average Bonchev–Trinajstić information content (AvgIpc) is 2.85. The van der Waals surface area contributed by atoms with Crippen molar-refractivity contribution >= 4 is 16.3 Å². The number of piperazine rings is 1. The van der Waals surface area contributed by atoms with Gasteiger partial charge in [0, 0.05) is 37.8 Å². The van der Waals surface area contributed by atoms with Crippen LogP contribution in [0, 0.1) is 0 Å². The Labute approximate surface area is 127 Å². The van der Waals surface area contributed by atoms with Gasteiger partial charge < -0.3 is 5.32 Å². The molecule has 0 radical (unpaired) electrons. The molecule has 0 spiro atoms. The molecule has 0 atom stereocenters. The summed E-state index contributed by atoms with van der Waals surface area (Å²) in [5.41, 5.74) is 0.827. The molecule has 114 valence electrons. The fourth-order valence-corrected chi connectivity index (χ4v) is 3.49. The Bertz CT molecular complexity index is 705. The third-order valence-corrected chi connectivity index (χ3v) is 5.02. The second-order valence-corrected chi connectivity index (χ2v) is 7.08. The zero-order valence-electron chi connectivity index (χ0n) is 12.7. The van der Waals surface area contributed by atoms with Crippen LogP contribution in [0.5, 0.6) is 0 Å². The number of nitrogens with zero attached hydrogens (tertiary/aromatic N) is 4. The van der Waals surface area contributed by atoms with Crippen molar-refractivity contribution in [2.45, 2.75) is 39.3 Å². The van der Waals surface area contributed by atoms with Crippen LogP contribution in [0.25, 0.3) is 4.96 Å². The topological polar surface area (TPSA) is 62.5 Å². The Morgan fingerprint density at radius 2 is 2.29 bits per heavy atom. The predicted molar refractivity (Wildman–Crippen MR) is 83.9 cm³/mol. The van der Waals surface area contributed by atoms with E-state index in [1.165, 1.54) is 15.9 Å². The van der Waals surface area contributed by atoms with Crippen molar-refractivity contribution in [1.82, 2.24) is 24.8 Å². The molecule has 1 aliphatic heterocycles. The monoisotopic (exact) mass is 307 g/mol. The standard InChI is InChI=1S/C14H21N5OS/c1-4-11-17-19-12(20)7-10(16-13(19)21-11)8-18-6-5-15-9-14(18,2)3/h7,15H,4-6,8-9H2,1-3H3. The molecule has 0 aromatic carbocycles. The molecule has 1 fully saturated rings. The molecule has 2 aromatic rings. The van der Waals surface area contributed by atoms with E-state index in [9.17, 15) is 4.79 Å². The maximum atomic E-state index is 12.2. The number of nitrogens with one attached hydrogen (secondary N) is 1. The van der Waals surface area contributed by atoms with E-state index >= 15 is 0 Å². The van der Waals surface area contributed by atoms with E-state index in [2.05, 4.69) is 34.1 Å². The van der Waals surface area contributed by atoms with Crippen LogP contribution in [-0.4, -0.2) is 44.7 Å². The van der Waals surface area contributed by atoms with Gasteiger partial charge in [-0.2, -0.15) is 9.61 Å².